The van der Waals surface area contributed by atoms with Gasteiger partial charge in [-0.15, -0.1) is 0 Å². The van der Waals surface area contributed by atoms with Crippen LogP contribution >= 0.6 is 11.3 Å². The zero-order chi connectivity index (χ0) is 25.9. The van der Waals surface area contributed by atoms with E-state index >= 15 is 0 Å². The van der Waals surface area contributed by atoms with E-state index in [0.717, 1.165) is 46.1 Å². The molecule has 3 aliphatic rings. The molecule has 0 radical (unpaired) electrons. The summed E-state index contributed by atoms with van der Waals surface area (Å²) < 4.78 is 25.6. The first-order valence-corrected chi connectivity index (χ1v) is 15.5. The van der Waals surface area contributed by atoms with Gasteiger partial charge in [-0.25, -0.2) is 18.4 Å². The molecule has 37 heavy (non-hydrogen) atoms. The van der Waals surface area contributed by atoms with Crippen molar-refractivity contribution in [2.24, 2.45) is 5.92 Å². The van der Waals surface area contributed by atoms with Crippen LogP contribution in [0.2, 0.25) is 0 Å². The molecular formula is C27H31N5O3S2. The van der Waals surface area contributed by atoms with E-state index in [9.17, 15) is 13.2 Å². The fourth-order valence-corrected chi connectivity index (χ4v) is 7.43. The maximum absolute atomic E-state index is 12.8. The summed E-state index contributed by atoms with van der Waals surface area (Å²) in [6.07, 6.45) is 5.23. The minimum absolute atomic E-state index is 0.0976. The Bertz CT molecular complexity index is 1500. The highest BCUT2D eigenvalue weighted by Crippen LogP contribution is 2.42. The number of amides is 1. The molecule has 1 amide bonds. The molecule has 4 heterocycles. The second-order valence-corrected chi connectivity index (χ2v) is 13.4. The van der Waals surface area contributed by atoms with E-state index in [4.69, 9.17) is 4.98 Å². The van der Waals surface area contributed by atoms with Gasteiger partial charge in [-0.1, -0.05) is 17.4 Å². The highest BCUT2D eigenvalue weighted by molar-refractivity contribution is 7.90. The van der Waals surface area contributed by atoms with Gasteiger partial charge in [0.05, 0.1) is 15.5 Å². The number of hydrogen-bond acceptors (Lipinski definition) is 8. The Hall–Kier alpha value is -2.82. The third-order valence-electron chi connectivity index (χ3n) is 7.69. The summed E-state index contributed by atoms with van der Waals surface area (Å²) in [4.78, 5) is 27.0. The van der Waals surface area contributed by atoms with Crippen LogP contribution in [-0.2, 0) is 27.7 Å². The van der Waals surface area contributed by atoms with Crippen molar-refractivity contribution in [3.8, 4) is 10.4 Å². The van der Waals surface area contributed by atoms with Crippen LogP contribution in [0.4, 0.5) is 16.8 Å². The molecule has 6 rings (SSSR count). The summed E-state index contributed by atoms with van der Waals surface area (Å²) in [7, 11) is -3.38. The lowest BCUT2D eigenvalue weighted by atomic mass is 10.0. The molecule has 2 aromatic heterocycles. The molecule has 10 heteroatoms. The number of carbonyl (C=O) groups excluding carboxylic acids is 1. The molecule has 1 aromatic carbocycles. The van der Waals surface area contributed by atoms with E-state index < -0.39 is 9.84 Å². The Balaban J connectivity index is 1.30. The minimum Gasteiger partial charge on any atom is -0.316 e. The standard InChI is InChI=1S/C27H31N5O3S2/c1-16-26(36-27(28-16)30-23-6-4-7-24(29-23)32-11-5-8-25(32)33)19-12-20-14-31(17(2)18-9-10-18)15-21(20)22(13-19)37(3,34)35/h4,6-7,12-13,17-18H,5,8-11,14-15H2,1-3H3,(H,28,29,30)/t17-/m0/s1. The van der Waals surface area contributed by atoms with Crippen LogP contribution in [0.1, 0.15) is 49.4 Å². The Morgan fingerprint density at radius 2 is 1.97 bits per heavy atom. The summed E-state index contributed by atoms with van der Waals surface area (Å²) in [5.74, 6) is 2.08. The summed E-state index contributed by atoms with van der Waals surface area (Å²) in [5.41, 5.74) is 3.75. The molecule has 3 aromatic rings. The normalized spacial score (nSPS) is 18.9. The molecule has 1 saturated heterocycles. The van der Waals surface area contributed by atoms with E-state index in [0.29, 0.717) is 47.2 Å². The summed E-state index contributed by atoms with van der Waals surface area (Å²) in [6.45, 7) is 6.36. The molecule has 194 valence electrons. The second kappa shape index (κ2) is 9.18. The number of thiazole rings is 1. The van der Waals surface area contributed by atoms with Gasteiger partial charge in [0, 0.05) is 38.4 Å². The van der Waals surface area contributed by atoms with Gasteiger partial charge in [-0.2, -0.15) is 0 Å². The van der Waals surface area contributed by atoms with Gasteiger partial charge in [-0.05, 0) is 80.0 Å². The zero-order valence-electron chi connectivity index (χ0n) is 21.3. The lowest BCUT2D eigenvalue weighted by Gasteiger charge is -2.23. The van der Waals surface area contributed by atoms with Crippen LogP contribution in [0.25, 0.3) is 10.4 Å². The number of benzene rings is 1. The monoisotopic (exact) mass is 537 g/mol. The van der Waals surface area contributed by atoms with Crippen molar-refractivity contribution in [3.63, 3.8) is 0 Å². The first-order chi connectivity index (χ1) is 17.7. The Morgan fingerprint density at radius 3 is 2.68 bits per heavy atom. The summed E-state index contributed by atoms with van der Waals surface area (Å²) in [6, 6.07) is 10.0. The van der Waals surface area contributed by atoms with Gasteiger partial charge in [0.1, 0.15) is 11.6 Å². The van der Waals surface area contributed by atoms with Crippen molar-refractivity contribution in [1.29, 1.82) is 0 Å². The number of sulfone groups is 1. The van der Waals surface area contributed by atoms with Crippen LogP contribution in [0.15, 0.2) is 35.2 Å². The summed E-state index contributed by atoms with van der Waals surface area (Å²) in [5, 5.41) is 3.96. The number of nitrogens with one attached hydrogen (secondary N) is 1. The Labute approximate surface area is 221 Å². The largest absolute Gasteiger partial charge is 0.316 e. The minimum atomic E-state index is -3.38. The number of fused-ring (bicyclic) bond motifs is 1. The van der Waals surface area contributed by atoms with Crippen LogP contribution < -0.4 is 10.2 Å². The smallest absolute Gasteiger partial charge is 0.228 e. The highest BCUT2D eigenvalue weighted by atomic mass is 32.2. The third-order valence-corrected chi connectivity index (χ3v) is 9.98. The van der Waals surface area contributed by atoms with Crippen LogP contribution in [0.5, 0.6) is 0 Å². The van der Waals surface area contributed by atoms with Gasteiger partial charge < -0.3 is 5.32 Å². The van der Waals surface area contributed by atoms with E-state index in [1.54, 1.807) is 4.90 Å². The number of hydrogen-bond donors (Lipinski definition) is 1. The number of anilines is 3. The van der Waals surface area contributed by atoms with Gasteiger partial charge in [-0.3, -0.25) is 14.6 Å². The van der Waals surface area contributed by atoms with Gasteiger partial charge >= 0.3 is 0 Å². The number of aryl methyl sites for hydroxylation is 1. The molecule has 2 fully saturated rings. The van der Waals surface area contributed by atoms with E-state index in [2.05, 4.69) is 28.2 Å². The number of nitrogens with zero attached hydrogens (tertiary/aromatic N) is 4. The topological polar surface area (TPSA) is 95.5 Å². The average Bonchev–Trinajstić information content (AvgIpc) is 3.29. The van der Waals surface area contributed by atoms with Gasteiger partial charge in [0.15, 0.2) is 15.0 Å². The highest BCUT2D eigenvalue weighted by Gasteiger charge is 2.36. The SMILES string of the molecule is Cc1nc(Nc2cccc(N3CCCC3=O)n2)sc1-c1cc2c(c(S(C)(=O)=O)c1)CN([C@@H](C)C1CC1)C2. The summed E-state index contributed by atoms with van der Waals surface area (Å²) >= 11 is 1.48. The fourth-order valence-electron chi connectivity index (χ4n) is 5.49. The van der Waals surface area contributed by atoms with E-state index in [1.165, 1.54) is 30.4 Å². The zero-order valence-corrected chi connectivity index (χ0v) is 23.0. The number of aromatic nitrogens is 2. The van der Waals surface area contributed by atoms with Crippen molar-refractivity contribution in [2.75, 3.05) is 23.0 Å². The lowest BCUT2D eigenvalue weighted by molar-refractivity contribution is -0.117. The first-order valence-electron chi connectivity index (χ1n) is 12.8. The predicted molar refractivity (Wildman–Crippen MR) is 146 cm³/mol. The first kappa shape index (κ1) is 24.5. The van der Waals surface area contributed by atoms with Gasteiger partial charge in [0.25, 0.3) is 0 Å². The quantitative estimate of drug-likeness (QED) is 0.458. The van der Waals surface area contributed by atoms with Crippen molar-refractivity contribution < 1.29 is 13.2 Å². The average molecular weight is 538 g/mol. The molecule has 1 atom stereocenters. The second-order valence-electron chi connectivity index (χ2n) is 10.5. The maximum Gasteiger partial charge on any atom is 0.228 e. The van der Waals surface area contributed by atoms with Crippen molar-refractivity contribution in [1.82, 2.24) is 14.9 Å². The third kappa shape index (κ3) is 4.78. The molecule has 1 saturated carbocycles. The molecule has 0 spiro atoms. The van der Waals surface area contributed by atoms with Crippen LogP contribution in [0, 0.1) is 12.8 Å². The Kier molecular flexibility index (Phi) is 6.08. The molecule has 2 aliphatic heterocycles. The molecular weight excluding hydrogens is 506 g/mol. The molecule has 8 nitrogen and oxygen atoms in total. The van der Waals surface area contributed by atoms with Crippen molar-refractivity contribution >= 4 is 43.8 Å². The number of pyridine rings is 1. The lowest BCUT2D eigenvalue weighted by Crippen LogP contribution is -2.29. The molecule has 1 N–H and O–H groups in total. The maximum atomic E-state index is 12.8. The van der Waals surface area contributed by atoms with Crippen molar-refractivity contribution in [2.45, 2.75) is 63.6 Å². The Morgan fingerprint density at radius 1 is 1.16 bits per heavy atom. The molecule has 0 bridgehead atoms. The predicted octanol–water partition coefficient (Wildman–Crippen LogP) is 4.90. The number of carbonyl (C=O) groups is 1. The fraction of sp³-hybridized carbons (Fsp3) is 0.444. The van der Waals surface area contributed by atoms with E-state index in [1.807, 2.05) is 31.2 Å². The van der Waals surface area contributed by atoms with E-state index in [-0.39, 0.29) is 5.91 Å². The molecule has 1 aliphatic carbocycles. The number of rotatable bonds is 7. The van der Waals surface area contributed by atoms with Crippen LogP contribution in [0.3, 0.4) is 0 Å². The van der Waals surface area contributed by atoms with Crippen LogP contribution in [-0.4, -0.2) is 48.0 Å². The van der Waals surface area contributed by atoms with Gasteiger partial charge in [0.2, 0.25) is 5.91 Å². The van der Waals surface area contributed by atoms with Crippen molar-refractivity contribution in [3.05, 3.63) is 47.2 Å². The molecule has 0 unspecified atom stereocenters.